The summed E-state index contributed by atoms with van der Waals surface area (Å²) in [5, 5.41) is 21.0. The van der Waals surface area contributed by atoms with Crippen LogP contribution >= 0.6 is 11.8 Å². The molecule has 0 saturated carbocycles. The van der Waals surface area contributed by atoms with E-state index in [9.17, 15) is 15.0 Å². The van der Waals surface area contributed by atoms with E-state index in [1.165, 1.54) is 13.1 Å². The number of aliphatic hydroxyl groups excluding tert-OH is 1. The van der Waals surface area contributed by atoms with Crippen molar-refractivity contribution in [3.63, 3.8) is 0 Å². The molecule has 0 spiro atoms. The van der Waals surface area contributed by atoms with Gasteiger partial charge >= 0.3 is 5.97 Å². The number of carbonyl (C=O) groups is 1. The maximum atomic E-state index is 12.2. The summed E-state index contributed by atoms with van der Waals surface area (Å²) in [5.74, 6) is -0.574. The predicted molar refractivity (Wildman–Crippen MR) is 130 cm³/mol. The van der Waals surface area contributed by atoms with Gasteiger partial charge < -0.3 is 39.6 Å². The van der Waals surface area contributed by atoms with Crippen LogP contribution in [0, 0.1) is 0 Å². The summed E-state index contributed by atoms with van der Waals surface area (Å²) in [6.07, 6.45) is 1.68. The number of aliphatic imine (C=N–C) groups is 1. The standard InChI is InChI=1S/C23H32N2O8S/c1-3-32-23(28)20-21(27)19(34-22(20)25-2)15-16-4-5-17(26)18(14-16)33-13-12-31-11-10-30-9-8-29-7-6-24/h4-5,14-15,26-27H,3,6-13,24H2,1-2H3/b19-15-,25-22?. The van der Waals surface area contributed by atoms with Gasteiger partial charge in [0, 0.05) is 13.6 Å². The Bertz CT molecular complexity index is 901. The normalized spacial score (nSPS) is 16.0. The fourth-order valence-electron chi connectivity index (χ4n) is 2.79. The molecule has 0 atom stereocenters. The number of rotatable bonds is 15. The Morgan fingerprint density at radius 1 is 1.06 bits per heavy atom. The molecule has 1 aliphatic heterocycles. The van der Waals surface area contributed by atoms with E-state index in [4.69, 9.17) is 29.4 Å². The molecule has 0 bridgehead atoms. The first-order valence-corrected chi connectivity index (χ1v) is 11.7. The molecule has 188 valence electrons. The van der Waals surface area contributed by atoms with Gasteiger partial charge in [0.15, 0.2) is 11.5 Å². The zero-order chi connectivity index (χ0) is 24.8. The van der Waals surface area contributed by atoms with Crippen LogP contribution in [-0.4, -0.2) is 87.7 Å². The molecule has 0 unspecified atom stereocenters. The Morgan fingerprint density at radius 2 is 1.71 bits per heavy atom. The van der Waals surface area contributed by atoms with E-state index < -0.39 is 5.97 Å². The van der Waals surface area contributed by atoms with Crippen LogP contribution in [-0.2, 0) is 23.7 Å². The molecule has 2 rings (SSSR count). The number of hydrogen-bond acceptors (Lipinski definition) is 11. The van der Waals surface area contributed by atoms with Gasteiger partial charge in [0.2, 0.25) is 0 Å². The summed E-state index contributed by atoms with van der Waals surface area (Å²) in [6, 6.07) is 4.79. The average Bonchev–Trinajstić information content (AvgIpc) is 3.14. The highest BCUT2D eigenvalue weighted by Crippen LogP contribution is 2.39. The quantitative estimate of drug-likeness (QED) is 0.244. The van der Waals surface area contributed by atoms with Crippen LogP contribution in [0.25, 0.3) is 6.08 Å². The lowest BCUT2D eigenvalue weighted by Crippen LogP contribution is -2.14. The number of ether oxygens (including phenoxy) is 5. The van der Waals surface area contributed by atoms with E-state index in [0.29, 0.717) is 61.7 Å². The van der Waals surface area contributed by atoms with E-state index in [0.717, 1.165) is 11.8 Å². The van der Waals surface area contributed by atoms with Gasteiger partial charge in [0.25, 0.3) is 0 Å². The Hall–Kier alpha value is -2.57. The highest BCUT2D eigenvalue weighted by Gasteiger charge is 2.32. The minimum absolute atomic E-state index is 0.0233. The van der Waals surface area contributed by atoms with Crippen LogP contribution in [0.5, 0.6) is 11.5 Å². The summed E-state index contributed by atoms with van der Waals surface area (Å²) < 4.78 is 26.6. The second kappa shape index (κ2) is 15.4. The van der Waals surface area contributed by atoms with Crippen molar-refractivity contribution in [2.24, 2.45) is 10.7 Å². The molecular formula is C23H32N2O8S. The van der Waals surface area contributed by atoms with E-state index in [1.807, 2.05) is 0 Å². The third-order valence-corrected chi connectivity index (χ3v) is 5.46. The first kappa shape index (κ1) is 27.7. The monoisotopic (exact) mass is 496 g/mol. The molecule has 34 heavy (non-hydrogen) atoms. The number of hydrogen-bond donors (Lipinski definition) is 3. The summed E-state index contributed by atoms with van der Waals surface area (Å²) in [7, 11) is 1.54. The lowest BCUT2D eigenvalue weighted by molar-refractivity contribution is -0.138. The van der Waals surface area contributed by atoms with Gasteiger partial charge in [-0.2, -0.15) is 0 Å². The number of carbonyl (C=O) groups excluding carboxylic acids is 1. The molecule has 1 aliphatic rings. The number of nitrogens with zero attached hydrogens (tertiary/aromatic N) is 1. The Labute approximate surface area is 203 Å². The largest absolute Gasteiger partial charge is 0.506 e. The van der Waals surface area contributed by atoms with Gasteiger partial charge in [-0.1, -0.05) is 17.8 Å². The Morgan fingerprint density at radius 3 is 2.32 bits per heavy atom. The number of aliphatic hydroxyl groups is 1. The van der Waals surface area contributed by atoms with E-state index in [2.05, 4.69) is 4.99 Å². The van der Waals surface area contributed by atoms with Crippen molar-refractivity contribution in [3.05, 3.63) is 40.0 Å². The van der Waals surface area contributed by atoms with Crippen molar-refractivity contribution < 1.29 is 38.7 Å². The molecular weight excluding hydrogens is 464 g/mol. The summed E-state index contributed by atoms with van der Waals surface area (Å²) in [5.41, 5.74) is 6.03. The molecule has 10 nitrogen and oxygen atoms in total. The zero-order valence-electron chi connectivity index (χ0n) is 19.5. The number of aromatic hydroxyl groups is 1. The molecule has 1 aromatic rings. The van der Waals surface area contributed by atoms with Gasteiger partial charge in [-0.05, 0) is 30.7 Å². The fourth-order valence-corrected chi connectivity index (χ4v) is 3.77. The summed E-state index contributed by atoms with van der Waals surface area (Å²) in [6.45, 7) is 5.25. The van der Waals surface area contributed by atoms with Crippen LogP contribution in [0.15, 0.2) is 39.4 Å². The summed E-state index contributed by atoms with van der Waals surface area (Å²) in [4.78, 5) is 16.7. The topological polar surface area (TPSA) is 142 Å². The van der Waals surface area contributed by atoms with Crippen molar-refractivity contribution >= 4 is 28.9 Å². The van der Waals surface area contributed by atoms with Gasteiger partial charge in [0.1, 0.15) is 23.0 Å². The third-order valence-electron chi connectivity index (χ3n) is 4.35. The lowest BCUT2D eigenvalue weighted by Gasteiger charge is -2.10. The molecule has 0 saturated heterocycles. The minimum Gasteiger partial charge on any atom is -0.506 e. The van der Waals surface area contributed by atoms with Crippen LogP contribution in [0.2, 0.25) is 0 Å². The summed E-state index contributed by atoms with van der Waals surface area (Å²) >= 11 is 1.16. The van der Waals surface area contributed by atoms with Crippen molar-refractivity contribution in [3.8, 4) is 11.5 Å². The molecule has 0 fully saturated rings. The van der Waals surface area contributed by atoms with Crippen LogP contribution in [0.4, 0.5) is 0 Å². The Balaban J connectivity index is 1.87. The molecule has 4 N–H and O–H groups in total. The number of phenols is 1. The lowest BCUT2D eigenvalue weighted by atomic mass is 10.1. The molecule has 0 aromatic heterocycles. The average molecular weight is 497 g/mol. The molecule has 0 aliphatic carbocycles. The SMILES string of the molecule is CCOC(=O)C1=C(O)/C(=C/c2ccc(O)c(OCCOCCOCCOCCN)c2)SC1=NC. The molecule has 11 heteroatoms. The van der Waals surface area contributed by atoms with Crippen LogP contribution in [0.1, 0.15) is 12.5 Å². The first-order valence-electron chi connectivity index (χ1n) is 10.9. The highest BCUT2D eigenvalue weighted by molar-refractivity contribution is 8.18. The maximum absolute atomic E-state index is 12.2. The number of thioether (sulfide) groups is 1. The van der Waals surface area contributed by atoms with Crippen LogP contribution < -0.4 is 10.5 Å². The van der Waals surface area contributed by atoms with E-state index >= 15 is 0 Å². The van der Waals surface area contributed by atoms with Gasteiger partial charge in [-0.25, -0.2) is 4.79 Å². The van der Waals surface area contributed by atoms with Crippen LogP contribution in [0.3, 0.4) is 0 Å². The number of benzene rings is 1. The third kappa shape index (κ3) is 8.65. The smallest absolute Gasteiger partial charge is 0.344 e. The molecule has 0 amide bonds. The van der Waals surface area contributed by atoms with Gasteiger partial charge in [0.05, 0.1) is 51.2 Å². The van der Waals surface area contributed by atoms with Crippen molar-refractivity contribution in [2.45, 2.75) is 6.92 Å². The highest BCUT2D eigenvalue weighted by atomic mass is 32.2. The molecule has 1 heterocycles. The van der Waals surface area contributed by atoms with Gasteiger partial charge in [-0.15, -0.1) is 0 Å². The number of esters is 1. The minimum atomic E-state index is -0.628. The van der Waals surface area contributed by atoms with Crippen molar-refractivity contribution in [2.75, 3.05) is 66.4 Å². The predicted octanol–water partition coefficient (Wildman–Crippen LogP) is 2.27. The first-order chi connectivity index (χ1) is 16.5. The molecule has 1 aromatic carbocycles. The number of nitrogens with two attached hydrogens (primary N) is 1. The van der Waals surface area contributed by atoms with E-state index in [-0.39, 0.29) is 36.0 Å². The van der Waals surface area contributed by atoms with E-state index in [1.54, 1.807) is 25.1 Å². The van der Waals surface area contributed by atoms with Crippen molar-refractivity contribution in [1.82, 2.24) is 0 Å². The van der Waals surface area contributed by atoms with Gasteiger partial charge in [-0.3, -0.25) is 4.99 Å². The second-order valence-corrected chi connectivity index (χ2v) is 7.82. The second-order valence-electron chi connectivity index (χ2n) is 6.78. The molecule has 0 radical (unpaired) electrons. The van der Waals surface area contributed by atoms with Crippen molar-refractivity contribution in [1.29, 1.82) is 0 Å². The maximum Gasteiger partial charge on any atom is 0.344 e. The fraction of sp³-hybridized carbons (Fsp3) is 0.478. The zero-order valence-corrected chi connectivity index (χ0v) is 20.3. The number of phenolic OH excluding ortho intramolecular Hbond substituents is 1. The Kier molecular flexibility index (Phi) is 12.5.